The molecule has 0 bridgehead atoms. The molecule has 108 valence electrons. The highest BCUT2D eigenvalue weighted by atomic mass is 16.6. The van der Waals surface area contributed by atoms with E-state index in [0.717, 1.165) is 12.8 Å². The number of rotatable bonds is 8. The van der Waals surface area contributed by atoms with Crippen molar-refractivity contribution < 1.29 is 9.55 Å². The minimum absolute atomic E-state index is 0.00163. The van der Waals surface area contributed by atoms with Crippen LogP contribution in [0.4, 0.5) is 11.4 Å². The van der Waals surface area contributed by atoms with Crippen LogP contribution in [0.3, 0.4) is 0 Å². The highest BCUT2D eigenvalue weighted by molar-refractivity contribution is 5.92. The van der Waals surface area contributed by atoms with Crippen LogP contribution >= 0.6 is 0 Å². The largest absolute Gasteiger partial charge is 0.378 e. The van der Waals surface area contributed by atoms with E-state index in [0.29, 0.717) is 23.3 Å². The number of aromatic nitrogens is 2. The maximum absolute atomic E-state index is 11.0. The molecule has 0 radical (unpaired) electrons. The summed E-state index contributed by atoms with van der Waals surface area (Å²) in [4.78, 5) is 10.6. The lowest BCUT2D eigenvalue weighted by Crippen LogP contribution is -2.05. The molecule has 0 aliphatic rings. The first-order valence-electron chi connectivity index (χ1n) is 6.87. The number of benzene rings is 1. The topological polar surface area (TPSA) is 94.1 Å². The van der Waals surface area contributed by atoms with Crippen molar-refractivity contribution in [2.75, 3.05) is 11.9 Å². The van der Waals surface area contributed by atoms with Crippen LogP contribution in [0.15, 0.2) is 16.8 Å². The van der Waals surface area contributed by atoms with Gasteiger partial charge < -0.3 is 5.32 Å². The van der Waals surface area contributed by atoms with Gasteiger partial charge in [-0.1, -0.05) is 32.6 Å². The molecule has 0 fully saturated rings. The Morgan fingerprint density at radius 3 is 2.80 bits per heavy atom. The van der Waals surface area contributed by atoms with Crippen LogP contribution in [0.5, 0.6) is 0 Å². The minimum Gasteiger partial charge on any atom is -0.378 e. The minimum atomic E-state index is -0.423. The molecule has 0 aliphatic carbocycles. The molecular weight excluding hydrogens is 260 g/mol. The van der Waals surface area contributed by atoms with E-state index in [2.05, 4.69) is 27.2 Å². The monoisotopic (exact) mass is 278 g/mol. The summed E-state index contributed by atoms with van der Waals surface area (Å²) in [5.74, 6) is 0. The van der Waals surface area contributed by atoms with Crippen molar-refractivity contribution in [3.63, 3.8) is 0 Å². The van der Waals surface area contributed by atoms with Crippen molar-refractivity contribution in [2.24, 2.45) is 0 Å². The Kier molecular flexibility index (Phi) is 4.86. The zero-order valence-electron chi connectivity index (χ0n) is 11.5. The Morgan fingerprint density at radius 1 is 1.25 bits per heavy atom. The van der Waals surface area contributed by atoms with Crippen LogP contribution in [-0.2, 0) is 0 Å². The lowest BCUT2D eigenvalue weighted by Gasteiger charge is -2.06. The number of nitro benzene ring substituents is 1. The van der Waals surface area contributed by atoms with Crippen LogP contribution in [0, 0.1) is 10.1 Å². The Morgan fingerprint density at radius 2 is 2.05 bits per heavy atom. The molecular formula is C13H18N4O3. The van der Waals surface area contributed by atoms with Crippen LogP contribution < -0.4 is 5.32 Å². The molecule has 0 saturated heterocycles. The number of fused-ring (bicyclic) bond motifs is 1. The Hall–Kier alpha value is -2.18. The van der Waals surface area contributed by atoms with Crippen LogP contribution in [0.2, 0.25) is 0 Å². The van der Waals surface area contributed by atoms with E-state index in [4.69, 9.17) is 0 Å². The summed E-state index contributed by atoms with van der Waals surface area (Å²) in [6.45, 7) is 2.84. The van der Waals surface area contributed by atoms with Gasteiger partial charge in [-0.2, -0.15) is 0 Å². The van der Waals surface area contributed by atoms with Crippen molar-refractivity contribution >= 4 is 22.4 Å². The summed E-state index contributed by atoms with van der Waals surface area (Å²) in [6.07, 6.45) is 5.70. The summed E-state index contributed by atoms with van der Waals surface area (Å²) < 4.78 is 4.64. The van der Waals surface area contributed by atoms with E-state index in [1.54, 1.807) is 0 Å². The van der Waals surface area contributed by atoms with Gasteiger partial charge in [0.15, 0.2) is 5.52 Å². The highest BCUT2D eigenvalue weighted by Gasteiger charge is 2.19. The molecule has 0 saturated carbocycles. The second-order valence-corrected chi connectivity index (χ2v) is 4.69. The molecule has 0 atom stereocenters. The number of hydrogen-bond donors (Lipinski definition) is 1. The molecule has 0 aliphatic heterocycles. The van der Waals surface area contributed by atoms with Crippen LogP contribution in [0.1, 0.15) is 39.0 Å². The van der Waals surface area contributed by atoms with Crippen LogP contribution in [-0.4, -0.2) is 21.8 Å². The predicted octanol–water partition coefficient (Wildman–Crippen LogP) is 3.51. The summed E-state index contributed by atoms with van der Waals surface area (Å²) in [5.41, 5.74) is 1.32. The van der Waals surface area contributed by atoms with E-state index in [1.807, 2.05) is 0 Å². The van der Waals surface area contributed by atoms with Gasteiger partial charge in [-0.3, -0.25) is 10.1 Å². The molecule has 20 heavy (non-hydrogen) atoms. The van der Waals surface area contributed by atoms with Crippen molar-refractivity contribution in [1.82, 2.24) is 10.3 Å². The van der Waals surface area contributed by atoms with Gasteiger partial charge in [0.1, 0.15) is 11.2 Å². The number of nitrogens with one attached hydrogen (secondary N) is 1. The molecule has 0 unspecified atom stereocenters. The maximum atomic E-state index is 11.0. The number of nitro groups is 1. The van der Waals surface area contributed by atoms with Crippen molar-refractivity contribution in [3.05, 3.63) is 22.2 Å². The first-order valence-corrected chi connectivity index (χ1v) is 6.87. The second kappa shape index (κ2) is 6.83. The highest BCUT2D eigenvalue weighted by Crippen LogP contribution is 2.31. The van der Waals surface area contributed by atoms with Gasteiger partial charge in [0.05, 0.1) is 4.92 Å². The van der Waals surface area contributed by atoms with Gasteiger partial charge in [-0.25, -0.2) is 4.63 Å². The average Bonchev–Trinajstić information content (AvgIpc) is 2.90. The van der Waals surface area contributed by atoms with Crippen molar-refractivity contribution in [1.29, 1.82) is 0 Å². The van der Waals surface area contributed by atoms with Crippen molar-refractivity contribution in [2.45, 2.75) is 39.0 Å². The Balaban J connectivity index is 2.05. The molecule has 0 amide bonds. The Labute approximate surface area is 116 Å². The number of nitrogens with zero attached hydrogens (tertiary/aromatic N) is 3. The summed E-state index contributed by atoms with van der Waals surface area (Å²) in [6, 6.07) is 2.96. The van der Waals surface area contributed by atoms with E-state index in [-0.39, 0.29) is 5.69 Å². The first-order chi connectivity index (χ1) is 9.74. The van der Waals surface area contributed by atoms with Crippen molar-refractivity contribution in [3.8, 4) is 0 Å². The smallest absolute Gasteiger partial charge is 0.294 e. The van der Waals surface area contributed by atoms with Gasteiger partial charge >= 0.3 is 0 Å². The summed E-state index contributed by atoms with van der Waals surface area (Å²) in [7, 11) is 0. The quantitative estimate of drug-likeness (QED) is 0.451. The van der Waals surface area contributed by atoms with E-state index >= 15 is 0 Å². The molecule has 7 heteroatoms. The molecule has 2 aromatic rings. The SMILES string of the molecule is CCCCCCCNc1c([N+](=O)[O-])ccc2nonc12. The molecule has 1 N–H and O–H groups in total. The molecule has 7 nitrogen and oxygen atoms in total. The standard InChI is InChI=1S/C13H18N4O3/c1-2-3-4-5-6-9-14-13-11(17(18)19)8-7-10-12(13)16-20-15-10/h7-8,14H,2-6,9H2,1H3. The normalized spacial score (nSPS) is 10.8. The summed E-state index contributed by atoms with van der Waals surface area (Å²) in [5, 5.41) is 21.6. The lowest BCUT2D eigenvalue weighted by atomic mass is 10.1. The zero-order valence-corrected chi connectivity index (χ0v) is 11.5. The molecule has 1 heterocycles. The van der Waals surface area contributed by atoms with Gasteiger partial charge in [-0.05, 0) is 22.8 Å². The third-order valence-corrected chi connectivity index (χ3v) is 3.18. The predicted molar refractivity (Wildman–Crippen MR) is 75.7 cm³/mol. The fraction of sp³-hybridized carbons (Fsp3) is 0.538. The third-order valence-electron chi connectivity index (χ3n) is 3.18. The molecule has 0 spiro atoms. The third kappa shape index (κ3) is 3.23. The summed E-state index contributed by atoms with van der Waals surface area (Å²) >= 11 is 0. The van der Waals surface area contributed by atoms with Gasteiger partial charge in [0.2, 0.25) is 0 Å². The number of anilines is 1. The van der Waals surface area contributed by atoms with Gasteiger partial charge in [0.25, 0.3) is 5.69 Å². The van der Waals surface area contributed by atoms with Crippen LogP contribution in [0.25, 0.3) is 11.0 Å². The molecule has 1 aromatic carbocycles. The molecule has 2 rings (SSSR count). The average molecular weight is 278 g/mol. The van der Waals surface area contributed by atoms with Gasteiger partial charge in [0, 0.05) is 12.6 Å². The zero-order chi connectivity index (χ0) is 14.4. The molecule has 1 aromatic heterocycles. The Bertz CT molecular complexity index is 582. The fourth-order valence-corrected chi connectivity index (χ4v) is 2.11. The number of hydrogen-bond acceptors (Lipinski definition) is 6. The fourth-order valence-electron chi connectivity index (χ4n) is 2.11. The number of unbranched alkanes of at least 4 members (excludes halogenated alkanes) is 4. The lowest BCUT2D eigenvalue weighted by molar-refractivity contribution is -0.383. The van der Waals surface area contributed by atoms with E-state index in [1.165, 1.54) is 31.4 Å². The maximum Gasteiger partial charge on any atom is 0.294 e. The van der Waals surface area contributed by atoms with E-state index in [9.17, 15) is 10.1 Å². The van der Waals surface area contributed by atoms with E-state index < -0.39 is 4.92 Å². The first kappa shape index (κ1) is 14.2. The van der Waals surface area contributed by atoms with Gasteiger partial charge in [-0.15, -0.1) is 0 Å². The second-order valence-electron chi connectivity index (χ2n) is 4.69.